The monoisotopic (exact) mass is 286 g/mol. The predicted octanol–water partition coefficient (Wildman–Crippen LogP) is 3.79. The van der Waals surface area contributed by atoms with Crippen molar-refractivity contribution < 1.29 is 5.11 Å². The lowest BCUT2D eigenvalue weighted by Crippen LogP contribution is -2.10. The second-order valence-corrected chi connectivity index (χ2v) is 5.21. The molecule has 1 unspecified atom stereocenters. The molecule has 0 radical (unpaired) electrons. The molecule has 0 aliphatic carbocycles. The Kier molecular flexibility index (Phi) is 3.47. The quantitative estimate of drug-likeness (QED) is 0.795. The number of fused-ring (bicyclic) bond motifs is 1. The molecule has 0 saturated heterocycles. The molecule has 1 aromatic heterocycles. The maximum atomic E-state index is 9.57. The molecule has 20 heavy (non-hydrogen) atoms. The summed E-state index contributed by atoms with van der Waals surface area (Å²) >= 11 is 6.01. The van der Waals surface area contributed by atoms with E-state index in [1.54, 1.807) is 0 Å². The van der Waals surface area contributed by atoms with Gasteiger partial charge < -0.3 is 9.67 Å². The number of imidazole rings is 1. The summed E-state index contributed by atoms with van der Waals surface area (Å²) < 4.78 is 2.06. The number of halogens is 1. The van der Waals surface area contributed by atoms with Crippen LogP contribution in [0.1, 0.15) is 24.4 Å². The van der Waals surface area contributed by atoms with Gasteiger partial charge in [0.25, 0.3) is 0 Å². The molecule has 1 N–H and O–H groups in total. The number of hydrogen-bond donors (Lipinski definition) is 1. The number of aliphatic hydroxyl groups excluding tert-OH is 1. The Morgan fingerprint density at radius 1 is 1.20 bits per heavy atom. The first-order valence-corrected chi connectivity index (χ1v) is 6.90. The normalized spacial score (nSPS) is 12.8. The van der Waals surface area contributed by atoms with Gasteiger partial charge in [0.15, 0.2) is 0 Å². The number of benzene rings is 2. The van der Waals surface area contributed by atoms with Crippen molar-refractivity contribution in [2.75, 3.05) is 0 Å². The van der Waals surface area contributed by atoms with Gasteiger partial charge in [-0.3, -0.25) is 0 Å². The molecule has 102 valence electrons. The molecule has 3 aromatic rings. The van der Waals surface area contributed by atoms with Crippen molar-refractivity contribution in [2.24, 2.45) is 0 Å². The molecular weight excluding hydrogens is 272 g/mol. The number of rotatable bonds is 3. The Morgan fingerprint density at radius 3 is 2.65 bits per heavy atom. The number of nitrogens with zero attached hydrogens (tertiary/aromatic N) is 2. The highest BCUT2D eigenvalue weighted by Gasteiger charge is 2.16. The first-order valence-electron chi connectivity index (χ1n) is 6.53. The molecule has 0 aliphatic rings. The van der Waals surface area contributed by atoms with Crippen LogP contribution in [0.4, 0.5) is 0 Å². The highest BCUT2D eigenvalue weighted by atomic mass is 35.5. The van der Waals surface area contributed by atoms with E-state index in [-0.39, 0.29) is 12.6 Å². The molecule has 3 nitrogen and oxygen atoms in total. The Balaban J connectivity index is 2.19. The molecule has 0 aliphatic heterocycles. The number of aliphatic hydroxyl groups is 1. The van der Waals surface area contributed by atoms with E-state index in [1.165, 1.54) is 5.56 Å². The lowest BCUT2D eigenvalue weighted by Gasteiger charge is -2.17. The zero-order valence-corrected chi connectivity index (χ0v) is 11.9. The maximum Gasteiger partial charge on any atom is 0.136 e. The van der Waals surface area contributed by atoms with E-state index >= 15 is 0 Å². The molecule has 3 rings (SSSR count). The van der Waals surface area contributed by atoms with E-state index in [0.717, 1.165) is 11.0 Å². The minimum Gasteiger partial charge on any atom is -0.388 e. The molecule has 4 heteroatoms. The highest BCUT2D eigenvalue weighted by Crippen LogP contribution is 2.27. The van der Waals surface area contributed by atoms with Gasteiger partial charge in [-0.1, -0.05) is 41.9 Å². The summed E-state index contributed by atoms with van der Waals surface area (Å²) in [7, 11) is 0. The van der Waals surface area contributed by atoms with E-state index in [9.17, 15) is 5.11 Å². The molecule has 1 atom stereocenters. The van der Waals surface area contributed by atoms with Crippen molar-refractivity contribution in [1.29, 1.82) is 0 Å². The van der Waals surface area contributed by atoms with Crippen LogP contribution in [-0.4, -0.2) is 14.7 Å². The van der Waals surface area contributed by atoms with Crippen LogP contribution in [0.5, 0.6) is 0 Å². The molecule has 0 amide bonds. The van der Waals surface area contributed by atoms with Gasteiger partial charge in [-0.05, 0) is 30.7 Å². The van der Waals surface area contributed by atoms with Gasteiger partial charge in [-0.15, -0.1) is 0 Å². The van der Waals surface area contributed by atoms with Crippen molar-refractivity contribution in [3.63, 3.8) is 0 Å². The summed E-state index contributed by atoms with van der Waals surface area (Å²) in [6.07, 6.45) is 0. The summed E-state index contributed by atoms with van der Waals surface area (Å²) in [5.41, 5.74) is 2.97. The zero-order valence-electron chi connectivity index (χ0n) is 11.1. The van der Waals surface area contributed by atoms with Crippen LogP contribution in [0, 0.1) is 0 Å². The van der Waals surface area contributed by atoms with Crippen LogP contribution in [0.3, 0.4) is 0 Å². The van der Waals surface area contributed by atoms with Crippen LogP contribution in [-0.2, 0) is 6.61 Å². The third-order valence-corrected chi connectivity index (χ3v) is 3.77. The largest absolute Gasteiger partial charge is 0.388 e. The minimum absolute atomic E-state index is 0.0938. The molecule has 0 saturated carbocycles. The van der Waals surface area contributed by atoms with Crippen LogP contribution >= 0.6 is 11.6 Å². The van der Waals surface area contributed by atoms with Crippen LogP contribution in [0.15, 0.2) is 48.5 Å². The molecule has 2 aromatic carbocycles. The summed E-state index contributed by atoms with van der Waals surface area (Å²) in [4.78, 5) is 4.47. The maximum absolute atomic E-state index is 9.57. The van der Waals surface area contributed by atoms with Crippen molar-refractivity contribution in [3.05, 3.63) is 64.9 Å². The fraction of sp³-hybridized carbons (Fsp3) is 0.188. The fourth-order valence-corrected chi connectivity index (χ4v) is 2.71. The first-order chi connectivity index (χ1) is 9.70. The van der Waals surface area contributed by atoms with Crippen molar-refractivity contribution >= 4 is 22.6 Å². The highest BCUT2D eigenvalue weighted by molar-refractivity contribution is 6.31. The summed E-state index contributed by atoms with van der Waals surface area (Å²) in [6.45, 7) is 2.01. The second-order valence-electron chi connectivity index (χ2n) is 4.78. The van der Waals surface area contributed by atoms with E-state index in [4.69, 9.17) is 11.6 Å². The predicted molar refractivity (Wildman–Crippen MR) is 80.9 cm³/mol. The smallest absolute Gasteiger partial charge is 0.136 e. The SMILES string of the molecule is CC(c1ccccc1)n1c(CO)nc2cc(Cl)ccc21. The van der Waals surface area contributed by atoms with Gasteiger partial charge >= 0.3 is 0 Å². The molecular formula is C16H15ClN2O. The lowest BCUT2D eigenvalue weighted by atomic mass is 10.1. The van der Waals surface area contributed by atoms with E-state index < -0.39 is 0 Å². The second kappa shape index (κ2) is 5.27. The Bertz CT molecular complexity index is 737. The zero-order chi connectivity index (χ0) is 14.1. The van der Waals surface area contributed by atoms with Gasteiger partial charge in [0.05, 0.1) is 17.1 Å². The third kappa shape index (κ3) is 2.19. The lowest BCUT2D eigenvalue weighted by molar-refractivity contribution is 0.264. The van der Waals surface area contributed by atoms with E-state index in [0.29, 0.717) is 10.8 Å². The van der Waals surface area contributed by atoms with Gasteiger partial charge in [0.1, 0.15) is 12.4 Å². The third-order valence-electron chi connectivity index (χ3n) is 3.54. The Morgan fingerprint density at radius 2 is 1.95 bits per heavy atom. The molecule has 0 spiro atoms. The van der Waals surface area contributed by atoms with Crippen LogP contribution in [0.25, 0.3) is 11.0 Å². The number of hydrogen-bond acceptors (Lipinski definition) is 2. The van der Waals surface area contributed by atoms with Crippen molar-refractivity contribution in [2.45, 2.75) is 19.6 Å². The minimum atomic E-state index is -0.0938. The van der Waals surface area contributed by atoms with Gasteiger partial charge in [0, 0.05) is 5.02 Å². The summed E-state index contributed by atoms with van der Waals surface area (Å²) in [5, 5.41) is 10.2. The Labute approximate surface area is 122 Å². The summed E-state index contributed by atoms with van der Waals surface area (Å²) in [5.74, 6) is 0.651. The Hall–Kier alpha value is -1.84. The van der Waals surface area contributed by atoms with Crippen LogP contribution in [0.2, 0.25) is 5.02 Å². The molecule has 1 heterocycles. The van der Waals surface area contributed by atoms with E-state index in [2.05, 4.69) is 28.6 Å². The standard InChI is InChI=1S/C16H15ClN2O/c1-11(12-5-3-2-4-6-12)19-15-8-7-13(17)9-14(15)18-16(19)10-20/h2-9,11,20H,10H2,1H3. The van der Waals surface area contributed by atoms with Crippen molar-refractivity contribution in [1.82, 2.24) is 9.55 Å². The fourth-order valence-electron chi connectivity index (χ4n) is 2.55. The topological polar surface area (TPSA) is 38.0 Å². The first kappa shape index (κ1) is 13.2. The average molecular weight is 287 g/mol. The van der Waals surface area contributed by atoms with Gasteiger partial charge in [-0.2, -0.15) is 0 Å². The van der Waals surface area contributed by atoms with Gasteiger partial charge in [-0.25, -0.2) is 4.98 Å². The molecule has 0 bridgehead atoms. The summed E-state index contributed by atoms with van der Waals surface area (Å²) in [6, 6.07) is 15.9. The molecule has 0 fully saturated rings. The van der Waals surface area contributed by atoms with Crippen molar-refractivity contribution in [3.8, 4) is 0 Å². The van der Waals surface area contributed by atoms with Gasteiger partial charge in [0.2, 0.25) is 0 Å². The number of aromatic nitrogens is 2. The van der Waals surface area contributed by atoms with E-state index in [1.807, 2.05) is 36.4 Å². The van der Waals surface area contributed by atoms with Crippen LogP contribution < -0.4 is 0 Å². The average Bonchev–Trinajstić information content (AvgIpc) is 2.84.